The van der Waals surface area contributed by atoms with Gasteiger partial charge in [0.1, 0.15) is 0 Å². The normalized spacial score (nSPS) is 13.1. The second kappa shape index (κ2) is 6.27. The van der Waals surface area contributed by atoms with Gasteiger partial charge in [0.2, 0.25) is 5.91 Å². The van der Waals surface area contributed by atoms with Crippen molar-refractivity contribution in [3.8, 4) is 0 Å². The number of rotatable bonds is 5. The molecule has 0 aromatic carbocycles. The Bertz CT molecular complexity index is 162. The van der Waals surface area contributed by atoms with Crippen molar-refractivity contribution in [1.82, 2.24) is 4.90 Å². The second-order valence-electron chi connectivity index (χ2n) is 3.52. The number of nitrogens with two attached hydrogens (primary N) is 1. The van der Waals surface area contributed by atoms with Crippen LogP contribution in [0.25, 0.3) is 0 Å². The number of thioether (sulfide) groups is 1. The highest BCUT2D eigenvalue weighted by Crippen LogP contribution is 2.03. The predicted molar refractivity (Wildman–Crippen MR) is 58.8 cm³/mol. The fraction of sp³-hybridized carbons (Fsp3) is 0.889. The van der Waals surface area contributed by atoms with E-state index in [4.69, 9.17) is 5.73 Å². The third kappa shape index (κ3) is 4.52. The summed E-state index contributed by atoms with van der Waals surface area (Å²) in [6, 6.07) is -0.355. The number of carbonyl (C=O) groups excluding carboxylic acids is 1. The molecule has 0 spiro atoms. The molecule has 1 unspecified atom stereocenters. The fourth-order valence-electron chi connectivity index (χ4n) is 0.878. The quantitative estimate of drug-likeness (QED) is 0.720. The lowest BCUT2D eigenvalue weighted by atomic mass is 10.0. The van der Waals surface area contributed by atoms with E-state index in [1.807, 2.05) is 20.1 Å². The van der Waals surface area contributed by atoms with Crippen LogP contribution in [0.5, 0.6) is 0 Å². The number of nitrogens with zero attached hydrogens (tertiary/aromatic N) is 1. The van der Waals surface area contributed by atoms with Crippen LogP contribution in [-0.4, -0.2) is 42.4 Å². The SMILES string of the molecule is CSCCN(C)C(=O)C(N)C(C)C. The molecule has 0 aliphatic heterocycles. The van der Waals surface area contributed by atoms with Crippen LogP contribution in [0.3, 0.4) is 0 Å². The molecule has 78 valence electrons. The highest BCUT2D eigenvalue weighted by molar-refractivity contribution is 7.98. The molecule has 4 heteroatoms. The molecule has 1 amide bonds. The van der Waals surface area contributed by atoms with Crippen molar-refractivity contribution in [3.05, 3.63) is 0 Å². The summed E-state index contributed by atoms with van der Waals surface area (Å²) in [4.78, 5) is 13.3. The van der Waals surface area contributed by atoms with E-state index < -0.39 is 0 Å². The standard InChI is InChI=1S/C9H20N2OS/c1-7(2)8(10)9(12)11(3)5-6-13-4/h7-8H,5-6,10H2,1-4H3. The Kier molecular flexibility index (Phi) is 6.16. The van der Waals surface area contributed by atoms with Gasteiger partial charge < -0.3 is 10.6 Å². The largest absolute Gasteiger partial charge is 0.344 e. The molecule has 3 nitrogen and oxygen atoms in total. The fourth-order valence-corrected chi connectivity index (χ4v) is 1.33. The van der Waals surface area contributed by atoms with Crippen molar-refractivity contribution in [2.45, 2.75) is 19.9 Å². The molecule has 0 radical (unpaired) electrons. The average Bonchev–Trinajstić information content (AvgIpc) is 2.11. The maximum atomic E-state index is 11.6. The van der Waals surface area contributed by atoms with Gasteiger partial charge in [-0.2, -0.15) is 11.8 Å². The van der Waals surface area contributed by atoms with Crippen LogP contribution in [0.2, 0.25) is 0 Å². The Hall–Kier alpha value is -0.220. The monoisotopic (exact) mass is 204 g/mol. The van der Waals surface area contributed by atoms with Gasteiger partial charge in [-0.25, -0.2) is 0 Å². The molecular formula is C9H20N2OS. The van der Waals surface area contributed by atoms with Crippen molar-refractivity contribution in [1.29, 1.82) is 0 Å². The Labute approximate surface area is 85.0 Å². The first-order valence-electron chi connectivity index (χ1n) is 4.50. The maximum absolute atomic E-state index is 11.6. The number of amides is 1. The predicted octanol–water partition coefficient (Wildman–Crippen LogP) is 0.791. The molecular weight excluding hydrogens is 184 g/mol. The van der Waals surface area contributed by atoms with Crippen LogP contribution in [0, 0.1) is 5.92 Å². The Morgan fingerprint density at radius 2 is 2.08 bits per heavy atom. The Balaban J connectivity index is 3.94. The van der Waals surface area contributed by atoms with Gasteiger partial charge in [-0.1, -0.05) is 13.8 Å². The molecule has 0 bridgehead atoms. The first-order chi connectivity index (χ1) is 6.00. The van der Waals surface area contributed by atoms with Crippen LogP contribution in [0.15, 0.2) is 0 Å². The van der Waals surface area contributed by atoms with Crippen molar-refractivity contribution in [2.24, 2.45) is 11.7 Å². The minimum atomic E-state index is -0.355. The van der Waals surface area contributed by atoms with Crippen LogP contribution in [0.1, 0.15) is 13.8 Å². The van der Waals surface area contributed by atoms with Gasteiger partial charge in [0, 0.05) is 19.3 Å². The average molecular weight is 204 g/mol. The summed E-state index contributed by atoms with van der Waals surface area (Å²) in [6.45, 7) is 4.70. The van der Waals surface area contributed by atoms with E-state index >= 15 is 0 Å². The first kappa shape index (κ1) is 12.8. The minimum absolute atomic E-state index is 0.0454. The van der Waals surface area contributed by atoms with Crippen LogP contribution in [-0.2, 0) is 4.79 Å². The van der Waals surface area contributed by atoms with Crippen molar-refractivity contribution < 1.29 is 4.79 Å². The van der Waals surface area contributed by atoms with E-state index in [0.717, 1.165) is 12.3 Å². The minimum Gasteiger partial charge on any atom is -0.344 e. The molecule has 2 N–H and O–H groups in total. The summed E-state index contributed by atoms with van der Waals surface area (Å²) in [5.74, 6) is 1.22. The summed E-state index contributed by atoms with van der Waals surface area (Å²) in [7, 11) is 1.81. The summed E-state index contributed by atoms with van der Waals surface area (Å²) in [5, 5.41) is 0. The van der Waals surface area contributed by atoms with Crippen LogP contribution >= 0.6 is 11.8 Å². The zero-order valence-electron chi connectivity index (χ0n) is 8.91. The van der Waals surface area contributed by atoms with Gasteiger partial charge in [0.05, 0.1) is 6.04 Å². The molecule has 0 saturated heterocycles. The van der Waals surface area contributed by atoms with E-state index in [1.54, 1.807) is 23.7 Å². The van der Waals surface area contributed by atoms with Gasteiger partial charge in [0.25, 0.3) is 0 Å². The Morgan fingerprint density at radius 1 is 1.54 bits per heavy atom. The molecule has 0 aromatic heterocycles. The maximum Gasteiger partial charge on any atom is 0.239 e. The molecule has 0 aliphatic rings. The van der Waals surface area contributed by atoms with Gasteiger partial charge in [-0.15, -0.1) is 0 Å². The van der Waals surface area contributed by atoms with Crippen molar-refractivity contribution >= 4 is 17.7 Å². The Morgan fingerprint density at radius 3 is 2.46 bits per heavy atom. The summed E-state index contributed by atoms with van der Waals surface area (Å²) in [5.41, 5.74) is 5.73. The highest BCUT2D eigenvalue weighted by Gasteiger charge is 2.20. The molecule has 1 atom stereocenters. The molecule has 0 aromatic rings. The lowest BCUT2D eigenvalue weighted by Crippen LogP contribution is -2.45. The van der Waals surface area contributed by atoms with Gasteiger partial charge in [-0.05, 0) is 12.2 Å². The molecule has 0 heterocycles. The van der Waals surface area contributed by atoms with Crippen LogP contribution in [0.4, 0.5) is 0 Å². The van der Waals surface area contributed by atoms with Crippen molar-refractivity contribution in [3.63, 3.8) is 0 Å². The first-order valence-corrected chi connectivity index (χ1v) is 5.89. The van der Waals surface area contributed by atoms with E-state index in [1.165, 1.54) is 0 Å². The van der Waals surface area contributed by atoms with Gasteiger partial charge in [-0.3, -0.25) is 4.79 Å². The number of hydrogen-bond acceptors (Lipinski definition) is 3. The molecule has 0 aliphatic carbocycles. The number of carbonyl (C=O) groups is 1. The molecule has 0 fully saturated rings. The highest BCUT2D eigenvalue weighted by atomic mass is 32.2. The topological polar surface area (TPSA) is 46.3 Å². The summed E-state index contributed by atoms with van der Waals surface area (Å²) >= 11 is 1.73. The van der Waals surface area contributed by atoms with Crippen molar-refractivity contribution in [2.75, 3.05) is 25.6 Å². The van der Waals surface area contributed by atoms with Crippen LogP contribution < -0.4 is 5.73 Å². The lowest BCUT2D eigenvalue weighted by Gasteiger charge is -2.22. The molecule has 0 rings (SSSR count). The second-order valence-corrected chi connectivity index (χ2v) is 4.51. The number of likely N-dealkylation sites (N-methyl/N-ethyl adjacent to an activating group) is 1. The smallest absolute Gasteiger partial charge is 0.239 e. The molecule has 0 saturated carbocycles. The van der Waals surface area contributed by atoms with Gasteiger partial charge in [0.15, 0.2) is 0 Å². The lowest BCUT2D eigenvalue weighted by molar-refractivity contribution is -0.131. The third-order valence-corrected chi connectivity index (χ3v) is 2.60. The number of hydrogen-bond donors (Lipinski definition) is 1. The van der Waals surface area contributed by atoms with Gasteiger partial charge >= 0.3 is 0 Å². The van der Waals surface area contributed by atoms with E-state index in [-0.39, 0.29) is 17.9 Å². The van der Waals surface area contributed by atoms with E-state index in [2.05, 4.69) is 0 Å². The third-order valence-electron chi connectivity index (χ3n) is 2.01. The zero-order valence-corrected chi connectivity index (χ0v) is 9.73. The molecule has 13 heavy (non-hydrogen) atoms. The van der Waals surface area contributed by atoms with E-state index in [9.17, 15) is 4.79 Å². The summed E-state index contributed by atoms with van der Waals surface area (Å²) < 4.78 is 0. The summed E-state index contributed by atoms with van der Waals surface area (Å²) in [6.07, 6.45) is 2.03. The van der Waals surface area contributed by atoms with E-state index in [0.29, 0.717) is 0 Å². The zero-order chi connectivity index (χ0) is 10.4.